The van der Waals surface area contributed by atoms with E-state index in [9.17, 15) is 0 Å². The van der Waals surface area contributed by atoms with E-state index in [1.165, 1.54) is 21.9 Å². The molecule has 0 spiro atoms. The Labute approximate surface area is 294 Å². The van der Waals surface area contributed by atoms with Gasteiger partial charge in [0.15, 0.2) is 5.58 Å². The molecular weight excluding hydrogens is 625 g/mol. The number of oxazole rings is 1. The normalized spacial score (nSPS) is 11.5. The molecule has 240 valence electrons. The number of furan rings is 1. The Balaban J connectivity index is 1.00. The van der Waals surface area contributed by atoms with Crippen molar-refractivity contribution in [2.24, 2.45) is 0 Å². The summed E-state index contributed by atoms with van der Waals surface area (Å²) >= 11 is 0. The van der Waals surface area contributed by atoms with Crippen molar-refractivity contribution >= 4 is 60.9 Å². The molecule has 10 aromatic rings. The third kappa shape index (κ3) is 5.13. The topological polar surface area (TPSA) is 42.4 Å². The van der Waals surface area contributed by atoms with Crippen LogP contribution in [0.2, 0.25) is 0 Å². The van der Waals surface area contributed by atoms with Crippen LogP contribution >= 0.6 is 0 Å². The number of fused-ring (bicyclic) bond motifs is 5. The van der Waals surface area contributed by atoms with Gasteiger partial charge in [-0.1, -0.05) is 115 Å². The zero-order chi connectivity index (χ0) is 33.7. The quantitative estimate of drug-likeness (QED) is 0.179. The second-order valence-electron chi connectivity index (χ2n) is 12.8. The van der Waals surface area contributed by atoms with E-state index in [-0.39, 0.29) is 0 Å². The van der Waals surface area contributed by atoms with E-state index in [2.05, 4.69) is 144 Å². The van der Waals surface area contributed by atoms with Crippen molar-refractivity contribution in [1.82, 2.24) is 4.98 Å². The lowest BCUT2D eigenvalue weighted by atomic mass is 10.0. The fourth-order valence-electron chi connectivity index (χ4n) is 7.14. The van der Waals surface area contributed by atoms with Gasteiger partial charge in [0.1, 0.15) is 16.7 Å². The van der Waals surface area contributed by atoms with Gasteiger partial charge in [0.25, 0.3) is 0 Å². The van der Waals surface area contributed by atoms with Gasteiger partial charge in [0.2, 0.25) is 5.89 Å². The van der Waals surface area contributed by atoms with Crippen LogP contribution in [-0.4, -0.2) is 4.98 Å². The van der Waals surface area contributed by atoms with Gasteiger partial charge in [-0.05, 0) is 88.1 Å². The van der Waals surface area contributed by atoms with Crippen LogP contribution in [-0.2, 0) is 0 Å². The maximum atomic E-state index is 6.56. The van der Waals surface area contributed by atoms with E-state index < -0.39 is 0 Å². The molecule has 2 aromatic heterocycles. The van der Waals surface area contributed by atoms with Crippen LogP contribution < -0.4 is 4.90 Å². The first kappa shape index (κ1) is 29.0. The van der Waals surface area contributed by atoms with Crippen LogP contribution in [0.1, 0.15) is 0 Å². The van der Waals surface area contributed by atoms with Gasteiger partial charge in [-0.15, -0.1) is 0 Å². The number of nitrogens with zero attached hydrogens (tertiary/aromatic N) is 2. The highest BCUT2D eigenvalue weighted by Crippen LogP contribution is 2.40. The highest BCUT2D eigenvalue weighted by atomic mass is 16.4. The summed E-state index contributed by atoms with van der Waals surface area (Å²) < 4.78 is 12.7. The lowest BCUT2D eigenvalue weighted by Gasteiger charge is -2.26. The SMILES string of the molecule is c1ccc(-c2nc3cc4oc5c(-c6ccc(N(c7ccccc7)c7ccc(-c8ccc9ccccc9c8)cc7)cc6)cccc5c4cc3o2)cc1. The molecule has 8 aromatic carbocycles. The molecule has 0 bridgehead atoms. The lowest BCUT2D eigenvalue weighted by Crippen LogP contribution is -2.09. The zero-order valence-electron chi connectivity index (χ0n) is 27.5. The Bertz CT molecular complexity index is 2840. The molecule has 4 heteroatoms. The molecule has 0 saturated carbocycles. The summed E-state index contributed by atoms with van der Waals surface area (Å²) in [5, 5.41) is 4.55. The molecule has 0 unspecified atom stereocenters. The average Bonchev–Trinajstić information content (AvgIpc) is 3.79. The number of hydrogen-bond acceptors (Lipinski definition) is 4. The number of anilines is 3. The summed E-state index contributed by atoms with van der Waals surface area (Å²) in [5.74, 6) is 0.605. The van der Waals surface area contributed by atoms with Crippen LogP contribution in [0.3, 0.4) is 0 Å². The summed E-state index contributed by atoms with van der Waals surface area (Å²) in [4.78, 5) is 7.05. The minimum atomic E-state index is 0.605. The number of para-hydroxylation sites is 2. The molecule has 0 atom stereocenters. The Morgan fingerprint density at radius 1 is 0.392 bits per heavy atom. The average molecular weight is 655 g/mol. The van der Waals surface area contributed by atoms with E-state index >= 15 is 0 Å². The van der Waals surface area contributed by atoms with Crippen LogP contribution in [0.5, 0.6) is 0 Å². The first-order valence-electron chi connectivity index (χ1n) is 17.1. The van der Waals surface area contributed by atoms with Crippen molar-refractivity contribution in [3.63, 3.8) is 0 Å². The van der Waals surface area contributed by atoms with E-state index in [4.69, 9.17) is 13.8 Å². The number of benzene rings is 8. The van der Waals surface area contributed by atoms with Crippen molar-refractivity contribution in [2.75, 3.05) is 4.90 Å². The van der Waals surface area contributed by atoms with E-state index in [0.717, 1.165) is 66.8 Å². The van der Waals surface area contributed by atoms with Crippen molar-refractivity contribution in [1.29, 1.82) is 0 Å². The molecule has 0 saturated heterocycles. The van der Waals surface area contributed by atoms with Crippen LogP contribution in [0.4, 0.5) is 17.1 Å². The molecular formula is C47H30N2O2. The molecule has 51 heavy (non-hydrogen) atoms. The highest BCUT2D eigenvalue weighted by molar-refractivity contribution is 6.12. The lowest BCUT2D eigenvalue weighted by molar-refractivity contribution is 0.620. The van der Waals surface area contributed by atoms with Gasteiger partial charge >= 0.3 is 0 Å². The largest absolute Gasteiger partial charge is 0.455 e. The molecule has 0 amide bonds. The van der Waals surface area contributed by atoms with Gasteiger partial charge in [0, 0.05) is 45.0 Å². The van der Waals surface area contributed by atoms with Crippen molar-refractivity contribution in [3.8, 4) is 33.7 Å². The third-order valence-electron chi connectivity index (χ3n) is 9.69. The molecule has 0 aliphatic carbocycles. The predicted octanol–water partition coefficient (Wildman–Crippen LogP) is 13.4. The van der Waals surface area contributed by atoms with E-state index in [0.29, 0.717) is 5.89 Å². The third-order valence-corrected chi connectivity index (χ3v) is 9.69. The van der Waals surface area contributed by atoms with Crippen LogP contribution in [0, 0.1) is 0 Å². The fraction of sp³-hybridized carbons (Fsp3) is 0. The molecule has 4 nitrogen and oxygen atoms in total. The van der Waals surface area contributed by atoms with Crippen molar-refractivity contribution < 1.29 is 8.83 Å². The molecule has 0 aliphatic heterocycles. The molecule has 2 heterocycles. The van der Waals surface area contributed by atoms with Gasteiger partial charge in [-0.25, -0.2) is 4.98 Å². The zero-order valence-corrected chi connectivity index (χ0v) is 27.5. The van der Waals surface area contributed by atoms with Gasteiger partial charge < -0.3 is 13.7 Å². The van der Waals surface area contributed by atoms with Crippen molar-refractivity contribution in [2.45, 2.75) is 0 Å². The first-order valence-corrected chi connectivity index (χ1v) is 17.1. The minimum absolute atomic E-state index is 0.605. The maximum absolute atomic E-state index is 6.56. The summed E-state index contributed by atoms with van der Waals surface area (Å²) in [5.41, 5.74) is 11.9. The first-order chi connectivity index (χ1) is 25.2. The minimum Gasteiger partial charge on any atom is -0.455 e. The summed E-state index contributed by atoms with van der Waals surface area (Å²) in [6.07, 6.45) is 0. The number of aromatic nitrogens is 1. The molecule has 0 aliphatic rings. The summed E-state index contributed by atoms with van der Waals surface area (Å²) in [6, 6.07) is 63.5. The monoisotopic (exact) mass is 654 g/mol. The summed E-state index contributed by atoms with van der Waals surface area (Å²) in [6.45, 7) is 0. The Morgan fingerprint density at radius 3 is 1.80 bits per heavy atom. The Hall–Kier alpha value is -6.91. The standard InChI is InChI=1S/C47H30N2O2/c1-3-11-34(12-4-1)47-48-43-30-44-42(29-45(43)51-47)41-17-9-16-40(46(41)50-44)33-22-26-39(27-23-33)49(37-14-5-2-6-15-37)38-24-20-32(21-25-38)36-19-18-31-10-7-8-13-35(31)28-36/h1-30H. The van der Waals surface area contributed by atoms with E-state index in [1.807, 2.05) is 42.5 Å². The number of hydrogen-bond donors (Lipinski definition) is 0. The van der Waals surface area contributed by atoms with E-state index in [1.54, 1.807) is 0 Å². The smallest absolute Gasteiger partial charge is 0.227 e. The van der Waals surface area contributed by atoms with Crippen LogP contribution in [0.15, 0.2) is 191 Å². The van der Waals surface area contributed by atoms with Crippen LogP contribution in [0.25, 0.3) is 77.5 Å². The second kappa shape index (κ2) is 11.9. The summed E-state index contributed by atoms with van der Waals surface area (Å²) in [7, 11) is 0. The Morgan fingerprint density at radius 2 is 1.04 bits per heavy atom. The molecule has 0 fully saturated rings. The number of rotatable bonds is 6. The van der Waals surface area contributed by atoms with Gasteiger partial charge in [-0.2, -0.15) is 0 Å². The predicted molar refractivity (Wildman–Crippen MR) is 210 cm³/mol. The second-order valence-corrected chi connectivity index (χ2v) is 12.8. The van der Waals surface area contributed by atoms with Crippen molar-refractivity contribution in [3.05, 3.63) is 182 Å². The van der Waals surface area contributed by atoms with Gasteiger partial charge in [-0.3, -0.25) is 0 Å². The molecule has 0 N–H and O–H groups in total. The maximum Gasteiger partial charge on any atom is 0.227 e. The van der Waals surface area contributed by atoms with Gasteiger partial charge in [0.05, 0.1) is 0 Å². The fourth-order valence-corrected chi connectivity index (χ4v) is 7.14. The Kier molecular flexibility index (Phi) is 6.78. The molecule has 10 rings (SSSR count). The highest BCUT2D eigenvalue weighted by Gasteiger charge is 2.18. The molecule has 0 radical (unpaired) electrons.